The molecule has 0 amide bonds. The molecule has 3 heterocycles. The van der Waals surface area contributed by atoms with Crippen LogP contribution >= 0.6 is 23.4 Å². The summed E-state index contributed by atoms with van der Waals surface area (Å²) in [5, 5.41) is 14.0. The fourth-order valence-electron chi connectivity index (χ4n) is 2.81. The average Bonchev–Trinajstić information content (AvgIpc) is 2.73. The van der Waals surface area contributed by atoms with Gasteiger partial charge in [0.25, 0.3) is 11.3 Å². The van der Waals surface area contributed by atoms with E-state index in [2.05, 4.69) is 20.3 Å². The molecule has 3 aromatic rings. The lowest BCUT2D eigenvalue weighted by Crippen LogP contribution is -2.41. The number of anilines is 1. The van der Waals surface area contributed by atoms with Gasteiger partial charge in [0.2, 0.25) is 0 Å². The topological polar surface area (TPSA) is 124 Å². The molecule has 33 heavy (non-hydrogen) atoms. The van der Waals surface area contributed by atoms with E-state index < -0.39 is 29.3 Å². The van der Waals surface area contributed by atoms with Crippen molar-refractivity contribution in [1.29, 1.82) is 0 Å². The molecule has 12 heteroatoms. The van der Waals surface area contributed by atoms with Crippen LogP contribution in [0.1, 0.15) is 30.9 Å². The zero-order chi connectivity index (χ0) is 24.2. The number of alkyl halides is 2. The number of rotatable bonds is 9. The third kappa shape index (κ3) is 6.62. The van der Waals surface area contributed by atoms with Crippen LogP contribution in [0.4, 0.5) is 14.6 Å². The first-order valence-electron chi connectivity index (χ1n) is 9.91. The third-order valence-corrected chi connectivity index (χ3v) is 6.28. The standard InChI is InChI=1S/C21H23ClF2N6O2S/c1-20(2,25)12-33-15-6-5-8-26-13(15)10-14-17(22)29-19(31)18(28-14)27-11-21(23,24)16-7-3-4-9-30(16)32/h3-9H,10-12,25H2,1-2H3,(H,27,28)(H,29,31). The lowest BCUT2D eigenvalue weighted by molar-refractivity contribution is -0.624. The van der Waals surface area contributed by atoms with Gasteiger partial charge in [0.1, 0.15) is 5.15 Å². The number of nitrogens with zero attached hydrogens (tertiary/aromatic N) is 3. The Kier molecular flexibility index (Phi) is 7.55. The first-order chi connectivity index (χ1) is 15.5. The maximum atomic E-state index is 14.5. The summed E-state index contributed by atoms with van der Waals surface area (Å²) in [6, 6.07) is 7.37. The molecular formula is C21H23ClF2N6O2S. The van der Waals surface area contributed by atoms with Crippen molar-refractivity contribution < 1.29 is 13.5 Å². The molecule has 0 atom stereocenters. The van der Waals surface area contributed by atoms with Crippen molar-refractivity contribution in [2.24, 2.45) is 5.73 Å². The Labute approximate surface area is 198 Å². The van der Waals surface area contributed by atoms with Gasteiger partial charge >= 0.3 is 5.92 Å². The zero-order valence-corrected chi connectivity index (χ0v) is 19.5. The molecule has 0 spiro atoms. The van der Waals surface area contributed by atoms with Crippen LogP contribution in [0.3, 0.4) is 0 Å². The summed E-state index contributed by atoms with van der Waals surface area (Å²) in [7, 11) is 0. The Hall–Kier alpha value is -2.76. The van der Waals surface area contributed by atoms with E-state index in [9.17, 15) is 18.8 Å². The molecule has 0 radical (unpaired) electrons. The smallest absolute Gasteiger partial charge is 0.347 e. The molecule has 3 aromatic heterocycles. The van der Waals surface area contributed by atoms with Gasteiger partial charge in [-0.1, -0.05) is 11.6 Å². The largest absolute Gasteiger partial charge is 0.618 e. The first kappa shape index (κ1) is 24.9. The second-order valence-corrected chi connectivity index (χ2v) is 9.44. The summed E-state index contributed by atoms with van der Waals surface area (Å²) in [6.45, 7) is 2.81. The van der Waals surface area contributed by atoms with E-state index in [0.29, 0.717) is 11.4 Å². The van der Waals surface area contributed by atoms with Crippen molar-refractivity contribution in [3.63, 3.8) is 0 Å². The molecule has 0 aromatic carbocycles. The second kappa shape index (κ2) is 10.0. The van der Waals surface area contributed by atoms with E-state index >= 15 is 0 Å². The van der Waals surface area contributed by atoms with E-state index in [0.717, 1.165) is 17.2 Å². The van der Waals surface area contributed by atoms with Crippen molar-refractivity contribution in [3.8, 4) is 0 Å². The highest BCUT2D eigenvalue weighted by molar-refractivity contribution is 7.99. The van der Waals surface area contributed by atoms with Gasteiger partial charge < -0.3 is 21.2 Å². The number of H-pyrrole nitrogens is 1. The van der Waals surface area contributed by atoms with Gasteiger partial charge in [0.15, 0.2) is 12.0 Å². The van der Waals surface area contributed by atoms with Crippen molar-refractivity contribution in [1.82, 2.24) is 15.0 Å². The van der Waals surface area contributed by atoms with Crippen LogP contribution in [-0.2, 0) is 12.3 Å². The number of hydrogen-bond donors (Lipinski definition) is 3. The van der Waals surface area contributed by atoms with Gasteiger partial charge in [-0.2, -0.15) is 13.5 Å². The molecule has 8 nitrogen and oxygen atoms in total. The monoisotopic (exact) mass is 496 g/mol. The number of pyridine rings is 2. The van der Waals surface area contributed by atoms with Gasteiger partial charge in [0.05, 0.1) is 17.9 Å². The molecule has 3 rings (SSSR count). The molecule has 0 fully saturated rings. The van der Waals surface area contributed by atoms with Crippen LogP contribution in [-0.4, -0.2) is 32.8 Å². The summed E-state index contributed by atoms with van der Waals surface area (Å²) in [5.41, 5.74) is 5.07. The predicted octanol–water partition coefficient (Wildman–Crippen LogP) is 3.08. The summed E-state index contributed by atoms with van der Waals surface area (Å²) < 4.78 is 29.1. The van der Waals surface area contributed by atoms with Gasteiger partial charge in [-0.3, -0.25) is 9.78 Å². The van der Waals surface area contributed by atoms with E-state index in [1.165, 1.54) is 23.9 Å². The van der Waals surface area contributed by atoms with Crippen molar-refractivity contribution in [2.75, 3.05) is 17.6 Å². The molecule has 0 saturated heterocycles. The number of nitrogens with one attached hydrogen (secondary N) is 2. The highest BCUT2D eigenvalue weighted by Crippen LogP contribution is 2.27. The number of hydrogen-bond acceptors (Lipinski definition) is 7. The Morgan fingerprint density at radius 2 is 2.03 bits per heavy atom. The molecular weight excluding hydrogens is 474 g/mol. The van der Waals surface area contributed by atoms with Crippen molar-refractivity contribution in [2.45, 2.75) is 36.6 Å². The SMILES string of the molecule is CC(C)(N)CSc1cccnc1Cc1nc(NCC(F)(F)c2cccc[n+]2[O-])c(=O)[nH]c1Cl. The lowest BCUT2D eigenvalue weighted by atomic mass is 10.1. The Morgan fingerprint density at radius 3 is 2.73 bits per heavy atom. The number of nitrogens with two attached hydrogens (primary N) is 1. The lowest BCUT2D eigenvalue weighted by Gasteiger charge is -2.18. The average molecular weight is 497 g/mol. The van der Waals surface area contributed by atoms with Gasteiger partial charge in [-0.15, -0.1) is 11.8 Å². The second-order valence-electron chi connectivity index (χ2n) is 8.05. The normalized spacial score (nSPS) is 12.1. The molecule has 176 valence electrons. The quantitative estimate of drug-likeness (QED) is 0.236. The highest BCUT2D eigenvalue weighted by Gasteiger charge is 2.39. The molecule has 0 aliphatic rings. The van der Waals surface area contributed by atoms with Crippen molar-refractivity contribution in [3.05, 3.63) is 80.5 Å². The first-order valence-corrected chi connectivity index (χ1v) is 11.3. The van der Waals surface area contributed by atoms with Crippen molar-refractivity contribution >= 4 is 29.2 Å². The fourth-order valence-corrected chi connectivity index (χ4v) is 4.00. The van der Waals surface area contributed by atoms with E-state index in [-0.39, 0.29) is 27.8 Å². The van der Waals surface area contributed by atoms with Gasteiger partial charge in [0, 0.05) is 40.9 Å². The molecule has 4 N–H and O–H groups in total. The maximum Gasteiger partial charge on any atom is 0.347 e. The minimum Gasteiger partial charge on any atom is -0.618 e. The number of halogens is 3. The Balaban J connectivity index is 1.82. The van der Waals surface area contributed by atoms with Crippen LogP contribution in [0.25, 0.3) is 0 Å². The van der Waals surface area contributed by atoms with Crippen LogP contribution in [0.2, 0.25) is 5.15 Å². The molecule has 0 saturated carbocycles. The Bertz CT molecular complexity index is 1190. The number of thioether (sulfide) groups is 1. The molecule has 0 bridgehead atoms. The summed E-state index contributed by atoms with van der Waals surface area (Å²) >= 11 is 7.69. The highest BCUT2D eigenvalue weighted by atomic mass is 35.5. The minimum absolute atomic E-state index is 0.0153. The summed E-state index contributed by atoms with van der Waals surface area (Å²) in [6.07, 6.45) is 2.75. The van der Waals surface area contributed by atoms with Crippen LogP contribution in [0, 0.1) is 5.21 Å². The summed E-state index contributed by atoms with van der Waals surface area (Å²) in [4.78, 5) is 24.0. The number of aromatic nitrogens is 4. The van der Waals surface area contributed by atoms with E-state index in [1.54, 1.807) is 12.3 Å². The summed E-state index contributed by atoms with van der Waals surface area (Å²) in [5.74, 6) is -3.24. The predicted molar refractivity (Wildman–Crippen MR) is 124 cm³/mol. The molecule has 0 aliphatic heterocycles. The number of aromatic amines is 1. The molecule has 0 unspecified atom stereocenters. The Morgan fingerprint density at radius 1 is 1.27 bits per heavy atom. The van der Waals surface area contributed by atoms with E-state index in [4.69, 9.17) is 17.3 Å². The fraction of sp³-hybridized carbons (Fsp3) is 0.333. The van der Waals surface area contributed by atoms with E-state index in [1.807, 2.05) is 19.9 Å². The van der Waals surface area contributed by atoms with Crippen LogP contribution in [0.5, 0.6) is 0 Å². The minimum atomic E-state index is -3.54. The van der Waals surface area contributed by atoms with Crippen LogP contribution in [0.15, 0.2) is 52.4 Å². The third-order valence-electron chi connectivity index (χ3n) is 4.40. The maximum absolute atomic E-state index is 14.5. The van der Waals surface area contributed by atoms with Gasteiger partial charge in [-0.25, -0.2) is 4.98 Å². The zero-order valence-electron chi connectivity index (χ0n) is 17.9. The van der Waals surface area contributed by atoms with Crippen LogP contribution < -0.4 is 21.3 Å². The molecule has 0 aliphatic carbocycles. The van der Waals surface area contributed by atoms with Gasteiger partial charge in [-0.05, 0) is 32.0 Å².